The first-order valence-corrected chi connectivity index (χ1v) is 14.6. The van der Waals surface area contributed by atoms with Crippen molar-refractivity contribution in [3.05, 3.63) is 82.4 Å². The van der Waals surface area contributed by atoms with Crippen LogP contribution in [0.1, 0.15) is 59.5 Å². The summed E-state index contributed by atoms with van der Waals surface area (Å²) in [6, 6.07) is 16.9. The lowest BCUT2D eigenvalue weighted by atomic mass is 9.84. The van der Waals surface area contributed by atoms with Gasteiger partial charge in [0.25, 0.3) is 0 Å². The Morgan fingerprint density at radius 3 is 2.77 bits per heavy atom. The van der Waals surface area contributed by atoms with Crippen LogP contribution in [0.3, 0.4) is 0 Å². The van der Waals surface area contributed by atoms with Gasteiger partial charge >= 0.3 is 5.97 Å². The van der Waals surface area contributed by atoms with Gasteiger partial charge in [0.15, 0.2) is 0 Å². The van der Waals surface area contributed by atoms with Crippen LogP contribution in [0.5, 0.6) is 5.75 Å². The molecule has 0 fully saturated rings. The van der Waals surface area contributed by atoms with Crippen molar-refractivity contribution < 1.29 is 23.7 Å². The number of carboxylic acids is 1. The largest absolute Gasteiger partial charge is 0.487 e. The maximum atomic E-state index is 12.0. The summed E-state index contributed by atoms with van der Waals surface area (Å²) in [4.78, 5) is 12.4. The number of para-hydroxylation sites is 1. The first-order valence-electron chi connectivity index (χ1n) is 13.1. The number of fused-ring (bicyclic) bond motifs is 3. The van der Waals surface area contributed by atoms with Gasteiger partial charge in [-0.2, -0.15) is 4.31 Å². The quantitative estimate of drug-likeness (QED) is 0.291. The van der Waals surface area contributed by atoms with E-state index in [0.29, 0.717) is 17.2 Å². The number of carboxylic acid groups (broad SMARTS) is 1. The summed E-state index contributed by atoms with van der Waals surface area (Å²) in [5.41, 5.74) is 6.49. The fourth-order valence-electron chi connectivity index (χ4n) is 6.14. The smallest absolute Gasteiger partial charge is 0.304 e. The third-order valence-electron chi connectivity index (χ3n) is 8.04. The molecule has 0 saturated heterocycles. The molecule has 0 saturated carbocycles. The molecule has 0 radical (unpaired) electrons. The second kappa shape index (κ2) is 9.63. The molecule has 2 aliphatic rings. The molecular weight excluding hydrogens is 516 g/mol. The fourth-order valence-corrected chi connectivity index (χ4v) is 8.03. The number of hydrogen-bond donors (Lipinski definition) is 3. The van der Waals surface area contributed by atoms with E-state index >= 15 is 0 Å². The Balaban J connectivity index is 1.43. The van der Waals surface area contributed by atoms with Gasteiger partial charge < -0.3 is 9.84 Å². The molecule has 3 unspecified atom stereocenters. The van der Waals surface area contributed by atoms with Crippen molar-refractivity contribution in [2.45, 2.75) is 56.1 Å². The molecule has 1 aliphatic heterocycles. The van der Waals surface area contributed by atoms with Gasteiger partial charge in [-0.1, -0.05) is 41.6 Å². The predicted octanol–water partition coefficient (Wildman–Crippen LogP) is 5.68. The standard InChI is InChI=1S/C29H32N4O5S/c1-17-16-33(39(36,37)27-7-5-4-6-26(27)38-17)24-12-10-19-8-9-20(14-23(19)24)22(15-28(34)35)21-11-13-25-29(18(21)2)30-31-32(25)3/h4-9,11,13-14,17,22,24,36-37H,10,12,15-16H2,1-3H3,(H,34,35). The van der Waals surface area contributed by atoms with Crippen LogP contribution in [0.4, 0.5) is 0 Å². The average molecular weight is 549 g/mol. The maximum Gasteiger partial charge on any atom is 0.304 e. The van der Waals surface area contributed by atoms with Crippen LogP contribution in [-0.2, 0) is 18.3 Å². The Labute approximate surface area is 228 Å². The highest BCUT2D eigenvalue weighted by Crippen LogP contribution is 2.61. The third kappa shape index (κ3) is 4.37. The van der Waals surface area contributed by atoms with Crippen molar-refractivity contribution in [2.75, 3.05) is 6.54 Å². The summed E-state index contributed by atoms with van der Waals surface area (Å²) in [6.45, 7) is 4.25. The summed E-state index contributed by atoms with van der Waals surface area (Å²) in [7, 11) is -1.48. The normalized spacial score (nSPS) is 22.0. The maximum absolute atomic E-state index is 12.0. The molecule has 6 rings (SSSR count). The van der Waals surface area contributed by atoms with Crippen LogP contribution in [0.25, 0.3) is 11.0 Å². The lowest BCUT2D eigenvalue weighted by Crippen LogP contribution is -2.36. The number of aryl methyl sites for hydroxylation is 3. The van der Waals surface area contributed by atoms with Gasteiger partial charge in [0.05, 0.1) is 24.5 Å². The highest BCUT2D eigenvalue weighted by Gasteiger charge is 2.41. The summed E-state index contributed by atoms with van der Waals surface area (Å²) < 4.78 is 32.7. The molecule has 0 amide bonds. The second-order valence-corrected chi connectivity index (χ2v) is 12.5. The van der Waals surface area contributed by atoms with Gasteiger partial charge in [-0.05, 0) is 72.7 Å². The highest BCUT2D eigenvalue weighted by atomic mass is 32.3. The summed E-state index contributed by atoms with van der Waals surface area (Å²) in [5.74, 6) is -0.788. The number of benzene rings is 3. The van der Waals surface area contributed by atoms with Crippen molar-refractivity contribution in [3.8, 4) is 5.75 Å². The van der Waals surface area contributed by atoms with Gasteiger partial charge in [-0.3, -0.25) is 13.9 Å². The Bertz CT molecular complexity index is 1590. The predicted molar refractivity (Wildman–Crippen MR) is 149 cm³/mol. The first kappa shape index (κ1) is 25.8. The van der Waals surface area contributed by atoms with Gasteiger partial charge in [0.2, 0.25) is 0 Å². The van der Waals surface area contributed by atoms with Gasteiger partial charge in [0.1, 0.15) is 22.3 Å². The minimum atomic E-state index is -3.31. The molecule has 3 atom stereocenters. The minimum absolute atomic E-state index is 0.0762. The van der Waals surface area contributed by atoms with Crippen molar-refractivity contribution in [2.24, 2.45) is 7.05 Å². The van der Waals surface area contributed by atoms with E-state index in [1.165, 1.54) is 0 Å². The summed E-state index contributed by atoms with van der Waals surface area (Å²) >= 11 is 0. The minimum Gasteiger partial charge on any atom is -0.487 e. The van der Waals surface area contributed by atoms with Crippen molar-refractivity contribution in [3.63, 3.8) is 0 Å². The monoisotopic (exact) mass is 548 g/mol. The summed E-state index contributed by atoms with van der Waals surface area (Å²) in [5, 5.41) is 18.3. The SMILES string of the molecule is Cc1c(C(CC(=O)O)c2ccc3c(c2)C(N2CC(C)Oc4ccccc4S2(O)O)CC3)ccc2c1nnn2C. The second-order valence-electron chi connectivity index (χ2n) is 10.5. The number of aromatic nitrogens is 3. The number of nitrogens with zero attached hydrogens (tertiary/aromatic N) is 4. The molecule has 1 aliphatic carbocycles. The third-order valence-corrected chi connectivity index (χ3v) is 10.0. The van der Waals surface area contributed by atoms with E-state index in [0.717, 1.165) is 51.7 Å². The van der Waals surface area contributed by atoms with Crippen LogP contribution in [-0.4, -0.2) is 52.1 Å². The van der Waals surface area contributed by atoms with Gasteiger partial charge in [0, 0.05) is 13.0 Å². The molecule has 0 bridgehead atoms. The molecule has 0 spiro atoms. The average Bonchev–Trinajstić information content (AvgIpc) is 3.47. The highest BCUT2D eigenvalue weighted by molar-refractivity contribution is 8.22. The van der Waals surface area contributed by atoms with Gasteiger partial charge in [-0.15, -0.1) is 15.9 Å². The molecule has 10 heteroatoms. The molecule has 1 aromatic heterocycles. The Morgan fingerprint density at radius 1 is 1.18 bits per heavy atom. The molecule has 4 aromatic rings. The molecule has 9 nitrogen and oxygen atoms in total. The zero-order valence-corrected chi connectivity index (χ0v) is 22.9. The van der Waals surface area contributed by atoms with Crippen LogP contribution in [0.2, 0.25) is 0 Å². The lowest BCUT2D eigenvalue weighted by Gasteiger charge is -2.45. The Morgan fingerprint density at radius 2 is 1.97 bits per heavy atom. The van der Waals surface area contributed by atoms with Crippen LogP contribution in [0.15, 0.2) is 59.5 Å². The van der Waals surface area contributed by atoms with E-state index in [4.69, 9.17) is 4.74 Å². The lowest BCUT2D eigenvalue weighted by molar-refractivity contribution is -0.137. The van der Waals surface area contributed by atoms with Crippen LogP contribution in [0, 0.1) is 6.92 Å². The van der Waals surface area contributed by atoms with Crippen molar-refractivity contribution in [1.29, 1.82) is 0 Å². The zero-order chi connectivity index (χ0) is 27.5. The van der Waals surface area contributed by atoms with Crippen molar-refractivity contribution in [1.82, 2.24) is 19.3 Å². The van der Waals surface area contributed by atoms with E-state index in [2.05, 4.69) is 22.4 Å². The van der Waals surface area contributed by atoms with E-state index in [-0.39, 0.29) is 18.6 Å². The number of aliphatic carboxylic acids is 1. The fraction of sp³-hybridized carbons (Fsp3) is 0.345. The van der Waals surface area contributed by atoms with Crippen LogP contribution >= 0.6 is 10.8 Å². The van der Waals surface area contributed by atoms with Crippen molar-refractivity contribution >= 4 is 27.8 Å². The van der Waals surface area contributed by atoms with Gasteiger partial charge in [-0.25, -0.2) is 4.68 Å². The molecular formula is C29H32N4O5S. The molecule has 2 heterocycles. The molecule has 3 N–H and O–H groups in total. The number of ether oxygens (including phenoxy) is 1. The molecule has 3 aromatic carbocycles. The van der Waals surface area contributed by atoms with E-state index < -0.39 is 22.7 Å². The Kier molecular flexibility index (Phi) is 6.38. The molecule has 204 valence electrons. The number of carbonyl (C=O) groups is 1. The Hall–Kier alpha value is -3.44. The van der Waals surface area contributed by atoms with Crippen LogP contribution < -0.4 is 4.74 Å². The summed E-state index contributed by atoms with van der Waals surface area (Å²) in [6.07, 6.45) is 1.22. The number of hydrogen-bond acceptors (Lipinski definition) is 7. The molecule has 39 heavy (non-hydrogen) atoms. The van der Waals surface area contributed by atoms with E-state index in [1.807, 2.05) is 45.2 Å². The topological polar surface area (TPSA) is 121 Å². The van der Waals surface area contributed by atoms with E-state index in [1.54, 1.807) is 27.2 Å². The zero-order valence-electron chi connectivity index (χ0n) is 22.1. The van der Waals surface area contributed by atoms with E-state index in [9.17, 15) is 19.0 Å². The number of rotatable bonds is 5. The first-order chi connectivity index (χ1) is 18.6.